The number of sulfonamides is 1. The number of carbonyl (C=O) groups excluding carboxylic acids is 1. The molecule has 1 N–H and O–H groups in total. The molecule has 0 bridgehead atoms. The van der Waals surface area contributed by atoms with Crippen LogP contribution in [0.4, 0.5) is 0 Å². The Bertz CT molecular complexity index is 942. The Morgan fingerprint density at radius 3 is 2.38 bits per heavy atom. The van der Waals surface area contributed by atoms with Gasteiger partial charge in [-0.3, -0.25) is 4.79 Å². The van der Waals surface area contributed by atoms with Crippen LogP contribution in [-0.4, -0.2) is 52.5 Å². The normalized spacial score (nSPS) is 12.6. The summed E-state index contributed by atoms with van der Waals surface area (Å²) in [4.78, 5) is 12.7. The second kappa shape index (κ2) is 9.87. The summed E-state index contributed by atoms with van der Waals surface area (Å²) in [5, 5.41) is 2.84. The molecule has 0 aliphatic rings. The molecule has 0 saturated carbocycles. The van der Waals surface area contributed by atoms with Gasteiger partial charge >= 0.3 is 0 Å². The summed E-state index contributed by atoms with van der Waals surface area (Å²) in [5.74, 6) is 0.250. The Balaban J connectivity index is 2.26. The third-order valence-corrected chi connectivity index (χ3v) is 6.28. The zero-order valence-electron chi connectivity index (χ0n) is 17.4. The van der Waals surface area contributed by atoms with Gasteiger partial charge in [-0.2, -0.15) is 4.31 Å². The smallest absolute Gasteiger partial charge is 0.251 e. The minimum atomic E-state index is -3.68. The van der Waals surface area contributed by atoms with Gasteiger partial charge in [0.1, 0.15) is 5.75 Å². The zero-order valence-corrected chi connectivity index (χ0v) is 18.2. The molecule has 0 heterocycles. The first-order valence-electron chi connectivity index (χ1n) is 9.18. The molecule has 1 atom stereocenters. The standard InChI is InChI=1S/C21H28N2O5S/c1-15-6-9-19(10-7-15)29(25,26)23(3)13-18-12-17(8-11-20(18)28-5)21(24)22-16(2)14-27-4/h6-12,16H,13-14H2,1-5H3,(H,22,24)/t16-/m1/s1. The van der Waals surface area contributed by atoms with E-state index in [1.165, 1.54) is 18.5 Å². The van der Waals surface area contributed by atoms with Gasteiger partial charge in [0.25, 0.3) is 5.91 Å². The van der Waals surface area contributed by atoms with Crippen molar-refractivity contribution in [3.05, 3.63) is 59.2 Å². The maximum Gasteiger partial charge on any atom is 0.251 e. The monoisotopic (exact) mass is 420 g/mol. The van der Waals surface area contributed by atoms with E-state index in [1.807, 2.05) is 13.8 Å². The van der Waals surface area contributed by atoms with Crippen molar-refractivity contribution < 1.29 is 22.7 Å². The van der Waals surface area contributed by atoms with Gasteiger partial charge in [0.2, 0.25) is 10.0 Å². The lowest BCUT2D eigenvalue weighted by Crippen LogP contribution is -2.35. The molecule has 158 valence electrons. The molecule has 0 saturated heterocycles. The number of nitrogens with zero attached hydrogens (tertiary/aromatic N) is 1. The van der Waals surface area contributed by atoms with Crippen molar-refractivity contribution in [2.45, 2.75) is 31.3 Å². The Morgan fingerprint density at radius 2 is 1.79 bits per heavy atom. The van der Waals surface area contributed by atoms with Gasteiger partial charge in [0, 0.05) is 37.9 Å². The Morgan fingerprint density at radius 1 is 1.14 bits per heavy atom. The first kappa shape index (κ1) is 22.9. The van der Waals surface area contributed by atoms with Crippen LogP contribution in [0.15, 0.2) is 47.4 Å². The maximum atomic E-state index is 12.9. The summed E-state index contributed by atoms with van der Waals surface area (Å²) in [7, 11) is 0.900. The van der Waals surface area contributed by atoms with Gasteiger partial charge in [-0.05, 0) is 44.2 Å². The second-order valence-electron chi connectivity index (χ2n) is 6.93. The van der Waals surface area contributed by atoms with Crippen LogP contribution >= 0.6 is 0 Å². The van der Waals surface area contributed by atoms with E-state index in [4.69, 9.17) is 9.47 Å². The lowest BCUT2D eigenvalue weighted by atomic mass is 10.1. The number of rotatable bonds is 9. The highest BCUT2D eigenvalue weighted by atomic mass is 32.2. The van der Waals surface area contributed by atoms with Crippen LogP contribution in [0.25, 0.3) is 0 Å². The lowest BCUT2D eigenvalue weighted by molar-refractivity contribution is 0.0905. The van der Waals surface area contributed by atoms with E-state index in [-0.39, 0.29) is 23.4 Å². The summed E-state index contributed by atoms with van der Waals surface area (Å²) >= 11 is 0. The predicted octanol–water partition coefficient (Wildman–Crippen LogP) is 2.59. The lowest BCUT2D eigenvalue weighted by Gasteiger charge is -2.20. The highest BCUT2D eigenvalue weighted by Crippen LogP contribution is 2.24. The van der Waals surface area contributed by atoms with Crippen molar-refractivity contribution in [2.24, 2.45) is 0 Å². The first-order chi connectivity index (χ1) is 13.7. The number of ether oxygens (including phenoxy) is 2. The summed E-state index contributed by atoms with van der Waals surface area (Å²) in [5.41, 5.74) is 2.00. The number of amides is 1. The van der Waals surface area contributed by atoms with Gasteiger partial charge in [-0.1, -0.05) is 17.7 Å². The number of carbonyl (C=O) groups is 1. The van der Waals surface area contributed by atoms with Gasteiger partial charge in [-0.15, -0.1) is 0 Å². The summed E-state index contributed by atoms with van der Waals surface area (Å²) in [6, 6.07) is 11.5. The van der Waals surface area contributed by atoms with Gasteiger partial charge in [0.15, 0.2) is 0 Å². The van der Waals surface area contributed by atoms with Gasteiger partial charge in [0.05, 0.1) is 18.6 Å². The van der Waals surface area contributed by atoms with Crippen molar-refractivity contribution >= 4 is 15.9 Å². The largest absolute Gasteiger partial charge is 0.496 e. The molecule has 0 aliphatic heterocycles. The van der Waals surface area contributed by atoms with Crippen LogP contribution in [-0.2, 0) is 21.3 Å². The second-order valence-corrected chi connectivity index (χ2v) is 8.98. The molecule has 7 nitrogen and oxygen atoms in total. The van der Waals surface area contributed by atoms with Gasteiger partial charge in [-0.25, -0.2) is 8.42 Å². The van der Waals surface area contributed by atoms with E-state index < -0.39 is 10.0 Å². The van der Waals surface area contributed by atoms with Crippen molar-refractivity contribution in [3.63, 3.8) is 0 Å². The van der Waals surface area contributed by atoms with E-state index in [1.54, 1.807) is 49.6 Å². The molecule has 1 amide bonds. The molecule has 2 rings (SSSR count). The van der Waals surface area contributed by atoms with Crippen LogP contribution in [0.5, 0.6) is 5.75 Å². The van der Waals surface area contributed by atoms with Crippen molar-refractivity contribution in [3.8, 4) is 5.75 Å². The average molecular weight is 421 g/mol. The predicted molar refractivity (Wildman–Crippen MR) is 112 cm³/mol. The number of benzene rings is 2. The first-order valence-corrected chi connectivity index (χ1v) is 10.6. The number of nitrogens with one attached hydrogen (secondary N) is 1. The van der Waals surface area contributed by atoms with Crippen LogP contribution in [0.1, 0.15) is 28.4 Å². The quantitative estimate of drug-likeness (QED) is 0.674. The van der Waals surface area contributed by atoms with Crippen molar-refractivity contribution in [2.75, 3.05) is 27.9 Å². The molecule has 2 aromatic rings. The summed E-state index contributed by atoms with van der Waals surface area (Å²) in [6.45, 7) is 4.20. The van der Waals surface area contributed by atoms with Crippen molar-refractivity contribution in [1.82, 2.24) is 9.62 Å². The number of methoxy groups -OCH3 is 2. The van der Waals surface area contributed by atoms with E-state index >= 15 is 0 Å². The average Bonchev–Trinajstić information content (AvgIpc) is 2.68. The van der Waals surface area contributed by atoms with E-state index in [2.05, 4.69) is 5.32 Å². The number of hydrogen-bond donors (Lipinski definition) is 1. The zero-order chi connectivity index (χ0) is 21.6. The molecule has 29 heavy (non-hydrogen) atoms. The molecule has 0 unspecified atom stereocenters. The number of hydrogen-bond acceptors (Lipinski definition) is 5. The third kappa shape index (κ3) is 5.79. The molecular formula is C21H28N2O5S. The Labute approximate surface area is 172 Å². The molecule has 2 aromatic carbocycles. The third-order valence-electron chi connectivity index (χ3n) is 4.46. The minimum absolute atomic E-state index is 0.0636. The van der Waals surface area contributed by atoms with E-state index in [0.29, 0.717) is 23.5 Å². The summed E-state index contributed by atoms with van der Waals surface area (Å²) < 4.78 is 37.4. The molecule has 0 aliphatic carbocycles. The fourth-order valence-electron chi connectivity index (χ4n) is 2.86. The molecule has 8 heteroatoms. The molecule has 0 aromatic heterocycles. The topological polar surface area (TPSA) is 84.9 Å². The highest BCUT2D eigenvalue weighted by Gasteiger charge is 2.22. The maximum absolute atomic E-state index is 12.9. The molecule has 0 spiro atoms. The Hall–Kier alpha value is -2.42. The fraction of sp³-hybridized carbons (Fsp3) is 0.381. The van der Waals surface area contributed by atoms with Crippen LogP contribution in [0.2, 0.25) is 0 Å². The van der Waals surface area contributed by atoms with Crippen molar-refractivity contribution in [1.29, 1.82) is 0 Å². The van der Waals surface area contributed by atoms with Crippen LogP contribution < -0.4 is 10.1 Å². The highest BCUT2D eigenvalue weighted by molar-refractivity contribution is 7.89. The van der Waals surface area contributed by atoms with E-state index in [0.717, 1.165) is 5.56 Å². The van der Waals surface area contributed by atoms with Gasteiger partial charge < -0.3 is 14.8 Å². The van der Waals surface area contributed by atoms with E-state index in [9.17, 15) is 13.2 Å². The van der Waals surface area contributed by atoms with Crippen LogP contribution in [0, 0.1) is 6.92 Å². The fourth-order valence-corrected chi connectivity index (χ4v) is 4.01. The number of aryl methyl sites for hydroxylation is 1. The Kier molecular flexibility index (Phi) is 7.78. The summed E-state index contributed by atoms with van der Waals surface area (Å²) in [6.07, 6.45) is 0. The molecule has 0 radical (unpaired) electrons. The minimum Gasteiger partial charge on any atom is -0.496 e. The molecule has 0 fully saturated rings. The van der Waals surface area contributed by atoms with Crippen LogP contribution in [0.3, 0.4) is 0 Å². The molecular weight excluding hydrogens is 392 g/mol. The SMILES string of the molecule is COC[C@@H](C)NC(=O)c1ccc(OC)c(CN(C)S(=O)(=O)c2ccc(C)cc2)c1.